The molecule has 2 rings (SSSR count). The van der Waals surface area contributed by atoms with Crippen molar-refractivity contribution in [2.75, 3.05) is 6.61 Å². The van der Waals surface area contributed by atoms with Gasteiger partial charge in [-0.25, -0.2) is 0 Å². The number of para-hydroxylation sites is 1. The fraction of sp³-hybridized carbons (Fsp3) is 0.176. The summed E-state index contributed by atoms with van der Waals surface area (Å²) < 4.78 is 5.46. The van der Waals surface area contributed by atoms with Crippen molar-refractivity contribution in [2.24, 2.45) is 0 Å². The summed E-state index contributed by atoms with van der Waals surface area (Å²) in [4.78, 5) is 23.5. The van der Waals surface area contributed by atoms with E-state index in [2.05, 4.69) is 10.9 Å². The number of benzene rings is 2. The Labute approximate surface area is 129 Å². The predicted octanol–water partition coefficient (Wildman–Crippen LogP) is 2.09. The summed E-state index contributed by atoms with van der Waals surface area (Å²) in [7, 11) is 0. The molecule has 0 unspecified atom stereocenters. The van der Waals surface area contributed by atoms with Crippen molar-refractivity contribution in [3.63, 3.8) is 0 Å². The zero-order chi connectivity index (χ0) is 15.8. The van der Waals surface area contributed by atoms with Crippen molar-refractivity contribution in [1.29, 1.82) is 0 Å². The zero-order valence-corrected chi connectivity index (χ0v) is 12.3. The van der Waals surface area contributed by atoms with Crippen LogP contribution < -0.4 is 15.6 Å². The number of hydrazine groups is 1. The number of carbonyl (C=O) groups is 2. The van der Waals surface area contributed by atoms with Gasteiger partial charge in [-0.05, 0) is 30.2 Å². The van der Waals surface area contributed by atoms with Gasteiger partial charge in [0.25, 0.3) is 11.8 Å². The Morgan fingerprint density at radius 1 is 0.955 bits per heavy atom. The summed E-state index contributed by atoms with van der Waals surface area (Å²) in [6.45, 7) is 1.86. The number of aryl methyl sites for hydroxylation is 1. The normalized spacial score (nSPS) is 9.86. The highest BCUT2D eigenvalue weighted by molar-refractivity contribution is 5.95. The maximum absolute atomic E-state index is 11.8. The maximum atomic E-state index is 11.8. The highest BCUT2D eigenvalue weighted by atomic mass is 16.5. The van der Waals surface area contributed by atoms with Crippen LogP contribution in [0.3, 0.4) is 0 Å². The second-order valence-electron chi connectivity index (χ2n) is 4.62. The monoisotopic (exact) mass is 298 g/mol. The molecule has 2 aromatic carbocycles. The van der Waals surface area contributed by atoms with Crippen LogP contribution in [0.15, 0.2) is 54.6 Å². The van der Waals surface area contributed by atoms with Crippen molar-refractivity contribution in [2.45, 2.75) is 13.3 Å². The van der Waals surface area contributed by atoms with Crippen LogP contribution in [-0.4, -0.2) is 18.4 Å². The lowest BCUT2D eigenvalue weighted by Crippen LogP contribution is -2.43. The molecular weight excluding hydrogens is 280 g/mol. The Balaban J connectivity index is 1.80. The lowest BCUT2D eigenvalue weighted by Gasteiger charge is -2.11. The van der Waals surface area contributed by atoms with Crippen molar-refractivity contribution >= 4 is 11.8 Å². The van der Waals surface area contributed by atoms with Crippen molar-refractivity contribution < 1.29 is 14.3 Å². The van der Waals surface area contributed by atoms with E-state index in [1.165, 1.54) is 0 Å². The predicted molar refractivity (Wildman–Crippen MR) is 83.4 cm³/mol. The average Bonchev–Trinajstić information content (AvgIpc) is 2.58. The van der Waals surface area contributed by atoms with Gasteiger partial charge in [0.05, 0.1) is 0 Å². The number of nitrogens with one attached hydrogen (secondary N) is 2. The van der Waals surface area contributed by atoms with Gasteiger partial charge in [0.1, 0.15) is 5.75 Å². The maximum Gasteiger partial charge on any atom is 0.276 e. The van der Waals surface area contributed by atoms with Crippen molar-refractivity contribution in [1.82, 2.24) is 10.9 Å². The lowest BCUT2D eigenvalue weighted by molar-refractivity contribution is -0.123. The van der Waals surface area contributed by atoms with Crippen LogP contribution in [0.2, 0.25) is 0 Å². The molecule has 2 N–H and O–H groups in total. The van der Waals surface area contributed by atoms with Crippen molar-refractivity contribution in [3.05, 3.63) is 65.7 Å². The van der Waals surface area contributed by atoms with E-state index >= 15 is 0 Å². The smallest absolute Gasteiger partial charge is 0.276 e. The molecular formula is C17H18N2O3. The Bertz CT molecular complexity index is 641. The molecule has 114 valence electrons. The van der Waals surface area contributed by atoms with Gasteiger partial charge in [0.15, 0.2) is 6.61 Å². The van der Waals surface area contributed by atoms with Gasteiger partial charge < -0.3 is 4.74 Å². The first kappa shape index (κ1) is 15.6. The second-order valence-corrected chi connectivity index (χ2v) is 4.62. The molecule has 2 aromatic rings. The van der Waals surface area contributed by atoms with E-state index in [9.17, 15) is 9.59 Å². The molecule has 22 heavy (non-hydrogen) atoms. The minimum Gasteiger partial charge on any atom is -0.483 e. The first-order chi connectivity index (χ1) is 10.7. The summed E-state index contributed by atoms with van der Waals surface area (Å²) in [5.74, 6) is -0.118. The number of amides is 2. The van der Waals surface area contributed by atoms with Crippen LogP contribution in [-0.2, 0) is 11.2 Å². The number of rotatable bonds is 5. The summed E-state index contributed by atoms with van der Waals surface area (Å²) in [6.07, 6.45) is 0.822. The molecule has 2 amide bonds. The molecule has 5 heteroatoms. The van der Waals surface area contributed by atoms with Gasteiger partial charge in [-0.1, -0.05) is 43.3 Å². The average molecular weight is 298 g/mol. The number of ether oxygens (including phenoxy) is 1. The highest BCUT2D eigenvalue weighted by Gasteiger charge is 2.08. The van der Waals surface area contributed by atoms with E-state index in [0.29, 0.717) is 11.3 Å². The Hall–Kier alpha value is -2.82. The van der Waals surface area contributed by atoms with E-state index in [-0.39, 0.29) is 12.5 Å². The molecule has 0 saturated carbocycles. The second kappa shape index (κ2) is 7.83. The van der Waals surface area contributed by atoms with E-state index in [0.717, 1.165) is 12.0 Å². The molecule has 0 spiro atoms. The lowest BCUT2D eigenvalue weighted by atomic mass is 10.1. The molecule has 0 atom stereocenters. The number of hydrogen-bond acceptors (Lipinski definition) is 3. The van der Waals surface area contributed by atoms with E-state index in [4.69, 9.17) is 4.74 Å². The van der Waals surface area contributed by atoms with Crippen LogP contribution in [0.4, 0.5) is 0 Å². The summed E-state index contributed by atoms with van der Waals surface area (Å²) in [5, 5.41) is 0. The standard InChI is InChI=1S/C17H18N2O3/c1-2-13-8-6-7-11-15(13)22-12-16(20)18-19-17(21)14-9-4-3-5-10-14/h3-11H,2,12H2,1H3,(H,18,20)(H,19,21). The van der Waals surface area contributed by atoms with Gasteiger partial charge in [-0.3, -0.25) is 20.4 Å². The van der Waals surface area contributed by atoms with Gasteiger partial charge in [-0.15, -0.1) is 0 Å². The van der Waals surface area contributed by atoms with Gasteiger partial charge in [-0.2, -0.15) is 0 Å². The molecule has 0 aliphatic rings. The fourth-order valence-electron chi connectivity index (χ4n) is 1.90. The largest absolute Gasteiger partial charge is 0.483 e. The molecule has 0 radical (unpaired) electrons. The Morgan fingerprint density at radius 2 is 1.64 bits per heavy atom. The Kier molecular flexibility index (Phi) is 5.54. The third-order valence-corrected chi connectivity index (χ3v) is 3.06. The van der Waals surface area contributed by atoms with Gasteiger partial charge in [0, 0.05) is 5.56 Å². The topological polar surface area (TPSA) is 67.4 Å². The summed E-state index contributed by atoms with van der Waals surface area (Å²) >= 11 is 0. The van der Waals surface area contributed by atoms with E-state index in [1.54, 1.807) is 24.3 Å². The van der Waals surface area contributed by atoms with E-state index in [1.807, 2.05) is 37.3 Å². The third kappa shape index (κ3) is 4.34. The first-order valence-corrected chi connectivity index (χ1v) is 7.05. The zero-order valence-electron chi connectivity index (χ0n) is 12.3. The van der Waals surface area contributed by atoms with Crippen LogP contribution in [0, 0.1) is 0 Å². The first-order valence-electron chi connectivity index (χ1n) is 7.05. The van der Waals surface area contributed by atoms with Crippen molar-refractivity contribution in [3.8, 4) is 5.75 Å². The SMILES string of the molecule is CCc1ccccc1OCC(=O)NNC(=O)c1ccccc1. The van der Waals surface area contributed by atoms with Gasteiger partial charge in [0.2, 0.25) is 0 Å². The molecule has 0 aromatic heterocycles. The number of carbonyl (C=O) groups excluding carboxylic acids is 2. The molecule has 0 heterocycles. The van der Waals surface area contributed by atoms with Crippen LogP contribution >= 0.6 is 0 Å². The Morgan fingerprint density at radius 3 is 2.36 bits per heavy atom. The molecule has 0 aliphatic carbocycles. The molecule has 5 nitrogen and oxygen atoms in total. The third-order valence-electron chi connectivity index (χ3n) is 3.06. The minimum absolute atomic E-state index is 0.161. The molecule has 0 aliphatic heterocycles. The highest BCUT2D eigenvalue weighted by Crippen LogP contribution is 2.17. The molecule has 0 bridgehead atoms. The fourth-order valence-corrected chi connectivity index (χ4v) is 1.90. The quantitative estimate of drug-likeness (QED) is 0.831. The van der Waals surface area contributed by atoms with E-state index < -0.39 is 5.91 Å². The number of hydrogen-bond donors (Lipinski definition) is 2. The molecule has 0 fully saturated rings. The summed E-state index contributed by atoms with van der Waals surface area (Å²) in [5.41, 5.74) is 6.17. The summed E-state index contributed by atoms with van der Waals surface area (Å²) in [6, 6.07) is 16.2. The minimum atomic E-state index is -0.421. The van der Waals surface area contributed by atoms with Crippen LogP contribution in [0.5, 0.6) is 5.75 Å². The molecule has 0 saturated heterocycles. The van der Waals surface area contributed by atoms with Crippen LogP contribution in [0.1, 0.15) is 22.8 Å². The van der Waals surface area contributed by atoms with Gasteiger partial charge >= 0.3 is 0 Å². The van der Waals surface area contributed by atoms with Crippen LogP contribution in [0.25, 0.3) is 0 Å².